The van der Waals surface area contributed by atoms with E-state index in [0.717, 1.165) is 98.9 Å². The van der Waals surface area contributed by atoms with Gasteiger partial charge in [0.2, 0.25) is 0 Å². The molecule has 3 aromatic rings. The molecule has 6 rings (SSSR count). The van der Waals surface area contributed by atoms with E-state index in [1.165, 1.54) is 12.7 Å². The molecule has 0 unspecified atom stereocenters. The molecular weight excluding hydrogens is 502 g/mol. The molecule has 1 amide bonds. The van der Waals surface area contributed by atoms with Gasteiger partial charge in [0.15, 0.2) is 0 Å². The van der Waals surface area contributed by atoms with Gasteiger partial charge in [0.05, 0.1) is 31.3 Å². The van der Waals surface area contributed by atoms with Crippen molar-refractivity contribution >= 4 is 33.5 Å². The summed E-state index contributed by atoms with van der Waals surface area (Å²) in [6.45, 7) is 7.02. The van der Waals surface area contributed by atoms with Gasteiger partial charge < -0.3 is 19.7 Å². The number of aryl methyl sites for hydroxylation is 1. The summed E-state index contributed by atoms with van der Waals surface area (Å²) in [5.41, 5.74) is 2.36. The van der Waals surface area contributed by atoms with Gasteiger partial charge in [-0.1, -0.05) is 0 Å². The number of carbonyl (C=O) groups is 1. The van der Waals surface area contributed by atoms with Crippen LogP contribution in [0.3, 0.4) is 0 Å². The molecule has 1 aliphatic carbocycles. The number of amides is 1. The third-order valence-electron chi connectivity index (χ3n) is 8.26. The van der Waals surface area contributed by atoms with Crippen LogP contribution in [0.5, 0.6) is 0 Å². The number of carbonyl (C=O) groups excluding carboxylic acids is 1. The van der Waals surface area contributed by atoms with Crippen molar-refractivity contribution in [3.63, 3.8) is 0 Å². The lowest BCUT2D eigenvalue weighted by Crippen LogP contribution is -2.53. The summed E-state index contributed by atoms with van der Waals surface area (Å²) in [5, 5.41) is 11.7. The Kier molecular flexibility index (Phi) is 7.49. The number of piperazine rings is 1. The monoisotopic (exact) mass is 539 g/mol. The SMILES string of the molecule is COC(=O)N1CCN(C2CCC(Nc3nc(Cc4cnn([C@@H]5CCOC5)c4)nc4scc(C)c34)CC2)CC1. The second-order valence-corrected chi connectivity index (χ2v) is 11.6. The number of anilines is 1. The van der Waals surface area contributed by atoms with E-state index in [9.17, 15) is 4.79 Å². The van der Waals surface area contributed by atoms with Crippen molar-refractivity contribution in [2.24, 2.45) is 0 Å². The molecule has 1 saturated carbocycles. The number of aromatic nitrogens is 4. The van der Waals surface area contributed by atoms with Crippen LogP contribution in [-0.2, 0) is 15.9 Å². The van der Waals surface area contributed by atoms with Crippen LogP contribution < -0.4 is 5.32 Å². The molecule has 3 fully saturated rings. The summed E-state index contributed by atoms with van der Waals surface area (Å²) < 4.78 is 12.4. The number of nitrogens with zero attached hydrogens (tertiary/aromatic N) is 6. The van der Waals surface area contributed by atoms with E-state index in [4.69, 9.17) is 19.4 Å². The summed E-state index contributed by atoms with van der Waals surface area (Å²) in [5.74, 6) is 1.80. The highest BCUT2D eigenvalue weighted by Gasteiger charge is 2.30. The molecule has 1 atom stereocenters. The number of fused-ring (bicyclic) bond motifs is 1. The minimum absolute atomic E-state index is 0.214. The lowest BCUT2D eigenvalue weighted by molar-refractivity contribution is 0.0642. The molecule has 0 spiro atoms. The van der Waals surface area contributed by atoms with Crippen LogP contribution in [0.2, 0.25) is 0 Å². The Morgan fingerprint density at radius 2 is 1.95 bits per heavy atom. The number of nitrogens with one attached hydrogen (secondary N) is 1. The molecule has 0 bridgehead atoms. The van der Waals surface area contributed by atoms with E-state index in [0.29, 0.717) is 24.5 Å². The van der Waals surface area contributed by atoms with Crippen molar-refractivity contribution in [3.05, 3.63) is 34.7 Å². The number of thiophene rings is 1. The smallest absolute Gasteiger partial charge is 0.409 e. The molecule has 5 heterocycles. The van der Waals surface area contributed by atoms with Crippen LogP contribution in [0.4, 0.5) is 10.6 Å². The predicted molar refractivity (Wildman–Crippen MR) is 147 cm³/mol. The summed E-state index contributed by atoms with van der Waals surface area (Å²) in [6, 6.07) is 1.31. The van der Waals surface area contributed by atoms with Crippen LogP contribution in [0, 0.1) is 6.92 Å². The van der Waals surface area contributed by atoms with Crippen molar-refractivity contribution in [2.75, 3.05) is 51.8 Å². The molecule has 0 radical (unpaired) electrons. The third-order valence-corrected chi connectivity index (χ3v) is 9.25. The fourth-order valence-corrected chi connectivity index (χ4v) is 7.01. The zero-order valence-corrected chi connectivity index (χ0v) is 23.1. The number of hydrogen-bond donors (Lipinski definition) is 1. The van der Waals surface area contributed by atoms with E-state index < -0.39 is 0 Å². The lowest BCUT2D eigenvalue weighted by Gasteiger charge is -2.41. The van der Waals surface area contributed by atoms with Crippen LogP contribution in [0.1, 0.15) is 55.1 Å². The van der Waals surface area contributed by atoms with Gasteiger partial charge in [0.1, 0.15) is 16.5 Å². The Morgan fingerprint density at radius 1 is 1.13 bits per heavy atom. The van der Waals surface area contributed by atoms with Crippen molar-refractivity contribution in [1.82, 2.24) is 29.5 Å². The van der Waals surface area contributed by atoms with Crippen LogP contribution in [-0.4, -0.2) is 94.2 Å². The first-order valence-corrected chi connectivity index (χ1v) is 14.6. The highest BCUT2D eigenvalue weighted by Crippen LogP contribution is 2.33. The second-order valence-electron chi connectivity index (χ2n) is 10.8. The highest BCUT2D eigenvalue weighted by atomic mass is 32.1. The molecule has 3 aromatic heterocycles. The molecule has 2 aliphatic heterocycles. The maximum atomic E-state index is 11.8. The molecule has 0 aromatic carbocycles. The van der Waals surface area contributed by atoms with E-state index >= 15 is 0 Å². The third kappa shape index (κ3) is 5.37. The predicted octanol–water partition coefficient (Wildman–Crippen LogP) is 3.86. The largest absolute Gasteiger partial charge is 0.453 e. The maximum absolute atomic E-state index is 11.8. The van der Waals surface area contributed by atoms with E-state index in [1.807, 2.05) is 10.9 Å². The minimum atomic E-state index is -0.214. The molecule has 3 aliphatic rings. The number of methoxy groups -OCH3 is 1. The highest BCUT2D eigenvalue weighted by molar-refractivity contribution is 7.17. The Morgan fingerprint density at radius 3 is 2.68 bits per heavy atom. The van der Waals surface area contributed by atoms with Crippen molar-refractivity contribution < 1.29 is 14.3 Å². The van der Waals surface area contributed by atoms with Gasteiger partial charge in [0.25, 0.3) is 0 Å². The topological polar surface area (TPSA) is 97.6 Å². The average Bonchev–Trinajstić information content (AvgIpc) is 3.71. The summed E-state index contributed by atoms with van der Waals surface area (Å²) in [6.07, 6.45) is 10.1. The van der Waals surface area contributed by atoms with E-state index in [2.05, 4.69) is 33.8 Å². The molecule has 2 saturated heterocycles. The normalized spacial score (nSPS) is 24.7. The quantitative estimate of drug-likeness (QED) is 0.505. The molecule has 1 N–H and O–H groups in total. The first-order chi connectivity index (χ1) is 18.6. The zero-order valence-electron chi connectivity index (χ0n) is 22.3. The van der Waals surface area contributed by atoms with Gasteiger partial charge in [-0.2, -0.15) is 5.10 Å². The van der Waals surface area contributed by atoms with Crippen molar-refractivity contribution in [3.8, 4) is 0 Å². The van der Waals surface area contributed by atoms with Gasteiger partial charge in [-0.05, 0) is 55.5 Å². The Balaban J connectivity index is 1.10. The summed E-state index contributed by atoms with van der Waals surface area (Å²) in [7, 11) is 1.45. The van der Waals surface area contributed by atoms with Gasteiger partial charge in [-0.25, -0.2) is 14.8 Å². The fraction of sp³-hybridized carbons (Fsp3) is 0.630. The van der Waals surface area contributed by atoms with Crippen molar-refractivity contribution in [1.29, 1.82) is 0 Å². The molecule has 204 valence electrons. The molecular formula is C27H37N7O3S. The van der Waals surface area contributed by atoms with Crippen LogP contribution in [0.25, 0.3) is 10.2 Å². The minimum Gasteiger partial charge on any atom is -0.453 e. The number of hydrogen-bond acceptors (Lipinski definition) is 9. The summed E-state index contributed by atoms with van der Waals surface area (Å²) >= 11 is 1.69. The first-order valence-electron chi connectivity index (χ1n) is 13.8. The molecule has 11 heteroatoms. The summed E-state index contributed by atoms with van der Waals surface area (Å²) in [4.78, 5) is 27.2. The fourth-order valence-electron chi connectivity index (χ4n) is 6.07. The van der Waals surface area contributed by atoms with Crippen LogP contribution >= 0.6 is 11.3 Å². The standard InChI is InChI=1S/C27H37N7O3S/c1-18-17-38-26-24(18)25(30-23(31-26)13-19-14-28-34(15-19)22-7-12-37-16-22)29-20-3-5-21(6-4-20)32-8-10-33(11-9-32)27(35)36-2/h14-15,17,20-22H,3-13,16H2,1-2H3,(H,29,30,31)/t20?,21?,22-/m1/s1. The van der Waals surface area contributed by atoms with Gasteiger partial charge in [-0.15, -0.1) is 11.3 Å². The average molecular weight is 540 g/mol. The van der Waals surface area contributed by atoms with Crippen LogP contribution in [0.15, 0.2) is 17.8 Å². The van der Waals surface area contributed by atoms with Gasteiger partial charge in [-0.3, -0.25) is 9.58 Å². The number of ether oxygens (including phenoxy) is 2. The maximum Gasteiger partial charge on any atom is 0.409 e. The number of rotatable bonds is 6. The Labute approximate surface area is 227 Å². The second kappa shape index (κ2) is 11.2. The molecule has 10 nitrogen and oxygen atoms in total. The van der Waals surface area contributed by atoms with Gasteiger partial charge in [0, 0.05) is 57.5 Å². The Bertz CT molecular complexity index is 1250. The Hall–Kier alpha value is -2.76. The first kappa shape index (κ1) is 25.5. The van der Waals surface area contributed by atoms with Gasteiger partial charge >= 0.3 is 6.09 Å². The van der Waals surface area contributed by atoms with E-state index in [1.54, 1.807) is 16.2 Å². The van der Waals surface area contributed by atoms with E-state index in [-0.39, 0.29) is 6.09 Å². The zero-order chi connectivity index (χ0) is 26.1. The molecule has 38 heavy (non-hydrogen) atoms. The lowest BCUT2D eigenvalue weighted by atomic mass is 9.89. The van der Waals surface area contributed by atoms with Crippen molar-refractivity contribution in [2.45, 2.75) is 63.6 Å².